The first-order valence-corrected chi connectivity index (χ1v) is 9.37. The van der Waals surface area contributed by atoms with E-state index >= 15 is 0 Å². The van der Waals surface area contributed by atoms with Gasteiger partial charge in [-0.3, -0.25) is 0 Å². The predicted molar refractivity (Wildman–Crippen MR) is 85.1 cm³/mol. The molecule has 3 aromatic rings. The molecule has 0 bridgehead atoms. The zero-order chi connectivity index (χ0) is 17.2. The van der Waals surface area contributed by atoms with Crippen LogP contribution in [0, 0.1) is 11.6 Å². The van der Waals surface area contributed by atoms with E-state index in [4.69, 9.17) is 0 Å². The molecule has 0 amide bonds. The topological polar surface area (TPSA) is 76.9 Å². The van der Waals surface area contributed by atoms with Gasteiger partial charge in [0.1, 0.15) is 11.6 Å². The highest BCUT2D eigenvalue weighted by Gasteiger charge is 2.16. The maximum Gasteiger partial charge on any atom is 0.216 e. The molecule has 0 aliphatic rings. The Kier molecular flexibility index (Phi) is 4.69. The van der Waals surface area contributed by atoms with Gasteiger partial charge in [-0.1, -0.05) is 5.21 Å². The van der Waals surface area contributed by atoms with E-state index in [9.17, 15) is 17.2 Å². The summed E-state index contributed by atoms with van der Waals surface area (Å²) in [6, 6.07) is 4.54. The second-order valence-electron chi connectivity index (χ2n) is 4.95. The lowest BCUT2D eigenvalue weighted by Gasteiger charge is -2.06. The van der Waals surface area contributed by atoms with Crippen molar-refractivity contribution in [2.24, 2.45) is 0 Å². The van der Waals surface area contributed by atoms with Gasteiger partial charge in [-0.25, -0.2) is 26.6 Å². The highest BCUT2D eigenvalue weighted by Crippen LogP contribution is 2.13. The number of hydrogen-bond acceptors (Lipinski definition) is 5. The van der Waals surface area contributed by atoms with E-state index < -0.39 is 27.4 Å². The van der Waals surface area contributed by atoms with Gasteiger partial charge in [0.25, 0.3) is 0 Å². The second kappa shape index (κ2) is 6.75. The third kappa shape index (κ3) is 4.02. The molecule has 0 atom stereocenters. The minimum atomic E-state index is -3.85. The molecule has 10 heteroatoms. The standard InChI is InChI=1S/C14H12F2N4O2S2/c15-11-1-2-14(16)10(5-11)9-24(21,22)17-6-12-7-20(19-18-12)13-3-4-23-8-13/h1-5,7-8,17H,6,9H2. The van der Waals surface area contributed by atoms with Gasteiger partial charge in [0.15, 0.2) is 0 Å². The van der Waals surface area contributed by atoms with Crippen LogP contribution in [0.4, 0.5) is 8.78 Å². The van der Waals surface area contributed by atoms with E-state index in [1.165, 1.54) is 16.0 Å². The molecule has 0 aliphatic heterocycles. The molecule has 0 fully saturated rings. The van der Waals surface area contributed by atoms with Crippen LogP contribution in [0.15, 0.2) is 41.2 Å². The fourth-order valence-electron chi connectivity index (χ4n) is 1.99. The molecule has 0 aliphatic carbocycles. The maximum absolute atomic E-state index is 13.5. The number of thiophene rings is 1. The summed E-state index contributed by atoms with van der Waals surface area (Å²) in [6.07, 6.45) is 1.59. The Morgan fingerprint density at radius 2 is 2.08 bits per heavy atom. The van der Waals surface area contributed by atoms with E-state index in [0.717, 1.165) is 23.9 Å². The largest absolute Gasteiger partial charge is 0.220 e. The van der Waals surface area contributed by atoms with Crippen molar-refractivity contribution >= 4 is 21.4 Å². The van der Waals surface area contributed by atoms with Gasteiger partial charge < -0.3 is 0 Å². The summed E-state index contributed by atoms with van der Waals surface area (Å²) in [4.78, 5) is 0. The Labute approximate surface area is 140 Å². The summed E-state index contributed by atoms with van der Waals surface area (Å²) >= 11 is 1.50. The number of halogens is 2. The molecule has 0 spiro atoms. The molecule has 24 heavy (non-hydrogen) atoms. The van der Waals surface area contributed by atoms with Crippen LogP contribution in [-0.2, 0) is 22.3 Å². The Morgan fingerprint density at radius 1 is 1.25 bits per heavy atom. The highest BCUT2D eigenvalue weighted by atomic mass is 32.2. The van der Waals surface area contributed by atoms with Crippen LogP contribution in [0.2, 0.25) is 0 Å². The number of nitrogens with zero attached hydrogens (tertiary/aromatic N) is 3. The Morgan fingerprint density at radius 3 is 2.83 bits per heavy atom. The first kappa shape index (κ1) is 16.7. The minimum absolute atomic E-state index is 0.0938. The molecule has 3 rings (SSSR count). The van der Waals surface area contributed by atoms with Crippen LogP contribution >= 0.6 is 11.3 Å². The van der Waals surface area contributed by atoms with Gasteiger partial charge >= 0.3 is 0 Å². The lowest BCUT2D eigenvalue weighted by atomic mass is 10.2. The van der Waals surface area contributed by atoms with Crippen LogP contribution in [0.3, 0.4) is 0 Å². The van der Waals surface area contributed by atoms with E-state index in [1.54, 1.807) is 6.20 Å². The van der Waals surface area contributed by atoms with Crippen LogP contribution in [-0.4, -0.2) is 23.4 Å². The van der Waals surface area contributed by atoms with Crippen molar-refractivity contribution in [1.29, 1.82) is 0 Å². The molecule has 0 radical (unpaired) electrons. The molecule has 126 valence electrons. The lowest BCUT2D eigenvalue weighted by molar-refractivity contribution is 0.569. The summed E-state index contributed by atoms with van der Waals surface area (Å²) in [5.74, 6) is -2.12. The number of benzene rings is 1. The Bertz CT molecular complexity index is 940. The van der Waals surface area contributed by atoms with Crippen molar-refractivity contribution < 1.29 is 17.2 Å². The maximum atomic E-state index is 13.5. The molecular formula is C14H12F2N4O2S2. The summed E-state index contributed by atoms with van der Waals surface area (Å²) in [5.41, 5.74) is 0.998. The van der Waals surface area contributed by atoms with Crippen LogP contribution in [0.1, 0.15) is 11.3 Å². The fraction of sp³-hybridized carbons (Fsp3) is 0.143. The van der Waals surface area contributed by atoms with Gasteiger partial charge in [-0.2, -0.15) is 11.3 Å². The highest BCUT2D eigenvalue weighted by molar-refractivity contribution is 7.88. The number of rotatable bonds is 6. The first-order chi connectivity index (χ1) is 11.4. The predicted octanol–water partition coefficient (Wildman–Crippen LogP) is 2.23. The van der Waals surface area contributed by atoms with Gasteiger partial charge in [0.2, 0.25) is 10.0 Å². The van der Waals surface area contributed by atoms with E-state index in [0.29, 0.717) is 5.69 Å². The molecule has 6 nitrogen and oxygen atoms in total. The van der Waals surface area contributed by atoms with E-state index in [1.807, 2.05) is 16.8 Å². The number of aromatic nitrogens is 3. The first-order valence-electron chi connectivity index (χ1n) is 6.78. The fourth-order valence-corrected chi connectivity index (χ4v) is 3.71. The quantitative estimate of drug-likeness (QED) is 0.722. The Balaban J connectivity index is 1.66. The monoisotopic (exact) mass is 370 g/mol. The van der Waals surface area contributed by atoms with Crippen LogP contribution in [0.5, 0.6) is 0 Å². The molecule has 0 saturated heterocycles. The summed E-state index contributed by atoms with van der Waals surface area (Å²) in [6.45, 7) is -0.0938. The van der Waals surface area contributed by atoms with E-state index in [-0.39, 0.29) is 12.1 Å². The number of hydrogen-bond donors (Lipinski definition) is 1. The number of nitrogens with one attached hydrogen (secondary N) is 1. The molecule has 1 aromatic carbocycles. The minimum Gasteiger partial charge on any atom is -0.220 e. The summed E-state index contributed by atoms with van der Waals surface area (Å²) in [7, 11) is -3.85. The van der Waals surface area contributed by atoms with Crippen LogP contribution < -0.4 is 4.72 Å². The van der Waals surface area contributed by atoms with Crippen LogP contribution in [0.25, 0.3) is 5.69 Å². The van der Waals surface area contributed by atoms with Crippen molar-refractivity contribution in [3.05, 3.63) is 64.1 Å². The summed E-state index contributed by atoms with van der Waals surface area (Å²) < 4.78 is 54.5. The van der Waals surface area contributed by atoms with Gasteiger partial charge in [0, 0.05) is 10.9 Å². The summed E-state index contributed by atoms with van der Waals surface area (Å²) in [5, 5.41) is 11.5. The molecule has 2 aromatic heterocycles. The average Bonchev–Trinajstić information content (AvgIpc) is 3.19. The Hall–Kier alpha value is -2.17. The zero-order valence-electron chi connectivity index (χ0n) is 12.2. The SMILES string of the molecule is O=S(=O)(Cc1cc(F)ccc1F)NCc1cn(-c2ccsc2)nn1. The van der Waals surface area contributed by atoms with Gasteiger partial charge in [-0.15, -0.1) is 5.10 Å². The molecule has 2 heterocycles. The van der Waals surface area contributed by atoms with Crippen molar-refractivity contribution in [3.8, 4) is 5.69 Å². The average molecular weight is 370 g/mol. The molecular weight excluding hydrogens is 358 g/mol. The smallest absolute Gasteiger partial charge is 0.216 e. The van der Waals surface area contributed by atoms with Gasteiger partial charge in [0.05, 0.1) is 29.9 Å². The zero-order valence-corrected chi connectivity index (χ0v) is 13.8. The third-order valence-corrected chi connectivity index (χ3v) is 5.08. The van der Waals surface area contributed by atoms with Gasteiger partial charge in [-0.05, 0) is 29.6 Å². The molecule has 0 unspecified atom stereocenters. The molecule has 1 N–H and O–H groups in total. The van der Waals surface area contributed by atoms with Crippen molar-refractivity contribution in [1.82, 2.24) is 19.7 Å². The third-order valence-electron chi connectivity index (χ3n) is 3.14. The second-order valence-corrected chi connectivity index (χ2v) is 7.54. The molecule has 0 saturated carbocycles. The van der Waals surface area contributed by atoms with Crippen molar-refractivity contribution in [3.63, 3.8) is 0 Å². The normalized spacial score (nSPS) is 11.8. The van der Waals surface area contributed by atoms with E-state index in [2.05, 4.69) is 15.0 Å². The van der Waals surface area contributed by atoms with Crippen molar-refractivity contribution in [2.45, 2.75) is 12.3 Å². The van der Waals surface area contributed by atoms with Crippen molar-refractivity contribution in [2.75, 3.05) is 0 Å². The number of sulfonamides is 1. The lowest BCUT2D eigenvalue weighted by Crippen LogP contribution is -2.25.